The van der Waals surface area contributed by atoms with Crippen LogP contribution in [0.4, 0.5) is 0 Å². The number of carbonyl (C=O) groups is 1. The van der Waals surface area contributed by atoms with Crippen LogP contribution in [0.3, 0.4) is 0 Å². The molecule has 0 aromatic heterocycles. The Hall–Kier alpha value is -1.78. The molecule has 4 aliphatic carbocycles. The highest BCUT2D eigenvalue weighted by Gasteiger charge is 2.68. The van der Waals surface area contributed by atoms with Gasteiger partial charge >= 0.3 is 0 Å². The van der Waals surface area contributed by atoms with Crippen molar-refractivity contribution in [2.45, 2.75) is 58.5 Å². The summed E-state index contributed by atoms with van der Waals surface area (Å²) in [4.78, 5) is 12.0. The molecule has 0 spiro atoms. The number of allylic oxidation sites excluding steroid dienone is 4. The Labute approximate surface area is 190 Å². The summed E-state index contributed by atoms with van der Waals surface area (Å²) in [6.45, 7) is 6.69. The fourth-order valence-electron chi connectivity index (χ4n) is 7.65. The van der Waals surface area contributed by atoms with Crippen LogP contribution < -0.4 is 4.74 Å². The summed E-state index contributed by atoms with van der Waals surface area (Å²) in [6, 6.07) is 9.57. The van der Waals surface area contributed by atoms with Crippen molar-refractivity contribution in [2.24, 2.45) is 34.5 Å². The summed E-state index contributed by atoms with van der Waals surface area (Å²) in [7, 11) is 0. The Bertz CT molecular complexity index is 981. The van der Waals surface area contributed by atoms with Crippen LogP contribution in [-0.4, -0.2) is 21.5 Å². The molecule has 3 nitrogen and oxygen atoms in total. The smallest absolute Gasteiger partial charge is 0.199 e. The number of ketones is 1. The molecule has 5 rings (SSSR count). The number of para-hydroxylation sites is 1. The normalized spacial score (nSPS) is 43.5. The van der Waals surface area contributed by atoms with Gasteiger partial charge in [0.25, 0.3) is 0 Å². The fraction of sp³-hybridized carbons (Fsp3) is 0.556. The zero-order chi connectivity index (χ0) is 22.0. The number of ether oxygens (including phenoxy) is 1. The minimum absolute atomic E-state index is 0.0385. The lowest BCUT2D eigenvalue weighted by atomic mass is 9.47. The van der Waals surface area contributed by atoms with E-state index in [0.717, 1.165) is 32.1 Å². The first-order valence-corrected chi connectivity index (χ1v) is 12.0. The number of benzene rings is 1. The minimum atomic E-state index is -1.12. The van der Waals surface area contributed by atoms with Crippen LogP contribution in [0, 0.1) is 34.5 Å². The van der Waals surface area contributed by atoms with E-state index in [2.05, 4.69) is 26.8 Å². The highest BCUT2D eigenvalue weighted by atomic mass is 32.1. The summed E-state index contributed by atoms with van der Waals surface area (Å²) in [5, 5.41) is 12.4. The highest BCUT2D eigenvalue weighted by Crippen LogP contribution is 2.68. The number of hydrogen-bond acceptors (Lipinski definition) is 4. The summed E-state index contributed by atoms with van der Waals surface area (Å²) in [6.07, 6.45) is 10.8. The van der Waals surface area contributed by atoms with E-state index >= 15 is 0 Å². The van der Waals surface area contributed by atoms with E-state index in [1.54, 1.807) is 6.08 Å². The maximum absolute atomic E-state index is 12.1. The molecular weight excluding hydrogens is 404 g/mol. The summed E-state index contributed by atoms with van der Waals surface area (Å²) >= 11 is 5.77. The number of fused-ring (bicyclic) bond motifs is 5. The van der Waals surface area contributed by atoms with Crippen molar-refractivity contribution in [1.82, 2.24) is 0 Å². The molecule has 0 amide bonds. The van der Waals surface area contributed by atoms with Gasteiger partial charge in [0.15, 0.2) is 10.8 Å². The third-order valence-corrected chi connectivity index (χ3v) is 9.80. The highest BCUT2D eigenvalue weighted by molar-refractivity contribution is 7.80. The van der Waals surface area contributed by atoms with Crippen LogP contribution in [0.5, 0.6) is 5.75 Å². The maximum Gasteiger partial charge on any atom is 0.199 e. The number of hydrogen-bond donors (Lipinski definition) is 1. The zero-order valence-electron chi connectivity index (χ0n) is 18.6. The molecule has 4 aliphatic rings. The van der Waals surface area contributed by atoms with E-state index in [0.29, 0.717) is 28.6 Å². The average Bonchev–Trinajstić information content (AvgIpc) is 2.96. The van der Waals surface area contributed by atoms with Crippen molar-refractivity contribution in [3.05, 3.63) is 54.1 Å². The first-order valence-electron chi connectivity index (χ1n) is 11.6. The lowest BCUT2D eigenvalue weighted by Gasteiger charge is -2.58. The maximum atomic E-state index is 12.1. The van der Waals surface area contributed by atoms with Crippen molar-refractivity contribution >= 4 is 23.1 Å². The molecule has 1 aromatic rings. The molecule has 0 aliphatic heterocycles. The van der Waals surface area contributed by atoms with Gasteiger partial charge in [0, 0.05) is 10.8 Å². The largest absolute Gasteiger partial charge is 0.447 e. The van der Waals surface area contributed by atoms with Gasteiger partial charge in [-0.15, -0.1) is 0 Å². The topological polar surface area (TPSA) is 46.5 Å². The van der Waals surface area contributed by atoms with Gasteiger partial charge in [0.05, 0.1) is 0 Å². The van der Waals surface area contributed by atoms with Crippen molar-refractivity contribution in [3.63, 3.8) is 0 Å². The third kappa shape index (κ3) is 2.87. The second kappa shape index (κ2) is 7.11. The van der Waals surface area contributed by atoms with Crippen molar-refractivity contribution in [2.75, 3.05) is 0 Å². The molecule has 1 aromatic carbocycles. The van der Waals surface area contributed by atoms with Crippen LogP contribution in [0.15, 0.2) is 54.1 Å². The molecule has 3 fully saturated rings. The number of aliphatic hydroxyl groups is 1. The molecule has 4 heteroatoms. The van der Waals surface area contributed by atoms with Gasteiger partial charge in [-0.2, -0.15) is 0 Å². The lowest BCUT2D eigenvalue weighted by Crippen LogP contribution is -2.59. The molecule has 3 saturated carbocycles. The van der Waals surface area contributed by atoms with Gasteiger partial charge in [-0.3, -0.25) is 4.79 Å². The van der Waals surface area contributed by atoms with Gasteiger partial charge in [0.1, 0.15) is 11.4 Å². The van der Waals surface area contributed by atoms with Crippen molar-refractivity contribution < 1.29 is 14.6 Å². The SMILES string of the molecule is C[C@H]1C[C@H]2[C@@H]3CCC4=CC(=O)C=C[C@]4(C)[C@H]3CC[C@]2(C)[C@@]1(O)C(=S)Oc1ccccc1. The van der Waals surface area contributed by atoms with Crippen LogP contribution in [-0.2, 0) is 4.79 Å². The summed E-state index contributed by atoms with van der Waals surface area (Å²) in [5.74, 6) is 2.28. The molecule has 0 saturated heterocycles. The molecular formula is C27H32O3S. The summed E-state index contributed by atoms with van der Waals surface area (Å²) < 4.78 is 6.06. The van der Waals surface area contributed by atoms with Crippen LogP contribution in [0.1, 0.15) is 52.9 Å². The first kappa shape index (κ1) is 21.1. The van der Waals surface area contributed by atoms with Gasteiger partial charge in [-0.05, 0) is 92.3 Å². The van der Waals surface area contributed by atoms with E-state index in [1.807, 2.05) is 36.4 Å². The summed E-state index contributed by atoms with van der Waals surface area (Å²) in [5.41, 5.74) is -0.161. The standard InChI is InChI=1S/C27H32O3S/c1-17-15-23-21-10-9-18-16-19(28)11-13-25(18,2)22(21)12-14-26(23,3)27(17,29)24(31)30-20-7-5-4-6-8-20/h4-8,11,13,16-17,21-23,29H,9-10,12,14-15H2,1-3H3/t17-,21+,22-,23-,25-,26-,27-/m0/s1. The van der Waals surface area contributed by atoms with E-state index in [9.17, 15) is 9.90 Å². The van der Waals surface area contributed by atoms with Gasteiger partial charge < -0.3 is 9.84 Å². The quantitative estimate of drug-likeness (QED) is 0.606. The molecule has 0 heterocycles. The van der Waals surface area contributed by atoms with E-state index < -0.39 is 5.60 Å². The molecule has 1 N–H and O–H groups in total. The predicted molar refractivity (Wildman–Crippen MR) is 126 cm³/mol. The minimum Gasteiger partial charge on any atom is -0.447 e. The monoisotopic (exact) mass is 436 g/mol. The van der Waals surface area contributed by atoms with Gasteiger partial charge in [-0.25, -0.2) is 0 Å². The number of rotatable bonds is 2. The lowest BCUT2D eigenvalue weighted by molar-refractivity contribution is -0.111. The Kier molecular flexibility index (Phi) is 4.84. The molecule has 164 valence electrons. The van der Waals surface area contributed by atoms with Gasteiger partial charge in [0.2, 0.25) is 0 Å². The molecule has 0 unspecified atom stereocenters. The van der Waals surface area contributed by atoms with Crippen LogP contribution in [0.2, 0.25) is 0 Å². The Morgan fingerprint density at radius 3 is 2.65 bits per heavy atom. The Morgan fingerprint density at radius 1 is 1.16 bits per heavy atom. The first-order chi connectivity index (χ1) is 14.7. The molecule has 31 heavy (non-hydrogen) atoms. The van der Waals surface area contributed by atoms with Crippen LogP contribution >= 0.6 is 12.2 Å². The molecule has 0 bridgehead atoms. The van der Waals surface area contributed by atoms with E-state index in [1.165, 1.54) is 5.57 Å². The number of carbonyl (C=O) groups excluding carboxylic acids is 1. The predicted octanol–water partition coefficient (Wildman–Crippen LogP) is 5.68. The second-order valence-electron chi connectivity index (χ2n) is 10.7. The molecule has 0 radical (unpaired) electrons. The number of thiocarbonyl (C=S) groups is 1. The third-order valence-electron chi connectivity index (χ3n) is 9.40. The zero-order valence-corrected chi connectivity index (χ0v) is 19.5. The van der Waals surface area contributed by atoms with Crippen molar-refractivity contribution in [1.29, 1.82) is 0 Å². The van der Waals surface area contributed by atoms with Crippen LogP contribution in [0.25, 0.3) is 0 Å². The fourth-order valence-corrected chi connectivity index (χ4v) is 8.18. The Morgan fingerprint density at radius 2 is 1.90 bits per heavy atom. The second-order valence-corrected chi connectivity index (χ2v) is 11.0. The van der Waals surface area contributed by atoms with Crippen molar-refractivity contribution in [3.8, 4) is 5.75 Å². The van der Waals surface area contributed by atoms with Gasteiger partial charge in [-0.1, -0.05) is 50.6 Å². The van der Waals surface area contributed by atoms with E-state index in [4.69, 9.17) is 17.0 Å². The Balaban J connectivity index is 1.46. The molecule has 7 atom stereocenters. The van der Waals surface area contributed by atoms with E-state index in [-0.39, 0.29) is 22.5 Å². The average molecular weight is 437 g/mol.